The number of anilines is 1. The molecular weight excluding hydrogens is 552 g/mol. The Morgan fingerprint density at radius 2 is 1.81 bits per heavy atom. The number of benzene rings is 3. The van der Waals surface area contributed by atoms with Gasteiger partial charge in [0.2, 0.25) is 0 Å². The van der Waals surface area contributed by atoms with Gasteiger partial charge < -0.3 is 9.84 Å². The van der Waals surface area contributed by atoms with Crippen molar-refractivity contribution in [1.29, 1.82) is 0 Å². The molecule has 36 heavy (non-hydrogen) atoms. The van der Waals surface area contributed by atoms with Crippen LogP contribution in [-0.2, 0) is 16.2 Å². The second kappa shape index (κ2) is 10.3. The van der Waals surface area contributed by atoms with E-state index in [0.29, 0.717) is 20.8 Å². The molecule has 182 valence electrons. The smallest absolute Gasteiger partial charge is 0.335 e. The van der Waals surface area contributed by atoms with Gasteiger partial charge in [0, 0.05) is 5.02 Å². The average molecular weight is 570 g/mol. The lowest BCUT2D eigenvalue weighted by molar-refractivity contribution is -0.122. The number of aromatic carboxylic acids is 1. The lowest BCUT2D eigenvalue weighted by Gasteiger charge is -2.26. The van der Waals surface area contributed by atoms with Gasteiger partial charge in [0.25, 0.3) is 11.8 Å². The Balaban J connectivity index is 1.53. The third-order valence-electron chi connectivity index (χ3n) is 5.38. The second-order valence-electron chi connectivity index (χ2n) is 7.87. The highest BCUT2D eigenvalue weighted by atomic mass is 79.9. The summed E-state index contributed by atoms with van der Waals surface area (Å²) < 4.78 is 6.36. The Bertz CT molecular complexity index is 1430. The number of carbonyl (C=O) groups is 4. The average Bonchev–Trinajstić information content (AvgIpc) is 2.83. The fraction of sp³-hybridized carbons (Fsp3) is 0.0769. The largest absolute Gasteiger partial charge is 0.488 e. The number of urea groups is 1. The van der Waals surface area contributed by atoms with Crippen molar-refractivity contribution < 1.29 is 29.0 Å². The zero-order valence-corrected chi connectivity index (χ0v) is 21.1. The minimum atomic E-state index is -1.00. The van der Waals surface area contributed by atoms with Gasteiger partial charge in [-0.05, 0) is 82.0 Å². The number of nitrogens with one attached hydrogen (secondary N) is 1. The fourth-order valence-electron chi connectivity index (χ4n) is 3.41. The molecule has 3 aromatic rings. The standard InChI is InChI=1S/C26H18BrClN2O6/c1-14-2-8-18(12-21(14)28)30-24(32)19(23(31)29-26(30)35)10-16-5-9-22(20(27)11-16)36-13-15-3-6-17(7-4-15)25(33)34/h2-12H,13H2,1H3,(H,33,34)(H,29,31,35)/b19-10-. The number of aryl methyl sites for hydroxylation is 1. The van der Waals surface area contributed by atoms with E-state index in [2.05, 4.69) is 21.2 Å². The quantitative estimate of drug-likeness (QED) is 0.305. The first-order valence-electron chi connectivity index (χ1n) is 10.6. The van der Waals surface area contributed by atoms with Crippen LogP contribution in [0.2, 0.25) is 5.02 Å². The van der Waals surface area contributed by atoms with Crippen LogP contribution in [0.15, 0.2) is 70.7 Å². The topological polar surface area (TPSA) is 113 Å². The van der Waals surface area contributed by atoms with E-state index >= 15 is 0 Å². The van der Waals surface area contributed by atoms with E-state index in [1.165, 1.54) is 24.3 Å². The van der Waals surface area contributed by atoms with Gasteiger partial charge in [0.05, 0.1) is 15.7 Å². The molecule has 8 nitrogen and oxygen atoms in total. The predicted octanol–water partition coefficient (Wildman–Crippen LogP) is 5.35. The van der Waals surface area contributed by atoms with Crippen molar-refractivity contribution in [1.82, 2.24) is 5.32 Å². The van der Waals surface area contributed by atoms with Crippen LogP contribution >= 0.6 is 27.5 Å². The van der Waals surface area contributed by atoms with Gasteiger partial charge in [-0.3, -0.25) is 14.9 Å². The van der Waals surface area contributed by atoms with Crippen molar-refractivity contribution in [3.8, 4) is 5.75 Å². The van der Waals surface area contributed by atoms with Crippen LogP contribution in [0.3, 0.4) is 0 Å². The van der Waals surface area contributed by atoms with Gasteiger partial charge in [0.1, 0.15) is 17.9 Å². The molecule has 0 spiro atoms. The van der Waals surface area contributed by atoms with Crippen molar-refractivity contribution >= 4 is 63.1 Å². The number of hydrogen-bond acceptors (Lipinski definition) is 5. The van der Waals surface area contributed by atoms with Gasteiger partial charge in [-0.1, -0.05) is 35.9 Å². The molecule has 1 saturated heterocycles. The lowest BCUT2D eigenvalue weighted by Crippen LogP contribution is -2.54. The number of amides is 4. The van der Waals surface area contributed by atoms with Gasteiger partial charge in [0.15, 0.2) is 0 Å². The molecule has 0 radical (unpaired) electrons. The fourth-order valence-corrected chi connectivity index (χ4v) is 4.09. The van der Waals surface area contributed by atoms with Gasteiger partial charge in [-0.25, -0.2) is 14.5 Å². The molecule has 0 aliphatic carbocycles. The first-order chi connectivity index (χ1) is 17.1. The summed E-state index contributed by atoms with van der Waals surface area (Å²) in [6.07, 6.45) is 1.38. The minimum absolute atomic E-state index is 0.185. The number of ether oxygens (including phenoxy) is 1. The molecule has 1 aliphatic heterocycles. The van der Waals surface area contributed by atoms with E-state index in [9.17, 15) is 19.2 Å². The maximum atomic E-state index is 13.1. The number of carbonyl (C=O) groups excluding carboxylic acids is 3. The summed E-state index contributed by atoms with van der Waals surface area (Å²) in [6.45, 7) is 2.00. The van der Waals surface area contributed by atoms with Gasteiger partial charge >= 0.3 is 12.0 Å². The predicted molar refractivity (Wildman–Crippen MR) is 137 cm³/mol. The van der Waals surface area contributed by atoms with E-state index in [1.54, 1.807) is 49.4 Å². The number of nitrogens with zero attached hydrogens (tertiary/aromatic N) is 1. The van der Waals surface area contributed by atoms with Crippen LogP contribution in [0, 0.1) is 6.92 Å². The Labute approximate surface area is 219 Å². The highest BCUT2D eigenvalue weighted by Gasteiger charge is 2.37. The van der Waals surface area contributed by atoms with Crippen LogP contribution in [0.25, 0.3) is 6.08 Å². The molecule has 4 rings (SSSR count). The molecule has 4 amide bonds. The Hall–Kier alpha value is -3.95. The maximum Gasteiger partial charge on any atom is 0.335 e. The number of hydrogen-bond donors (Lipinski definition) is 2. The Kier molecular flexibility index (Phi) is 7.23. The normalized spacial score (nSPS) is 14.7. The number of barbiturate groups is 1. The lowest BCUT2D eigenvalue weighted by atomic mass is 10.1. The molecule has 0 bridgehead atoms. The third-order valence-corrected chi connectivity index (χ3v) is 6.40. The molecule has 0 saturated carbocycles. The van der Waals surface area contributed by atoms with Crippen molar-refractivity contribution in [3.63, 3.8) is 0 Å². The van der Waals surface area contributed by atoms with Crippen molar-refractivity contribution in [3.05, 3.63) is 98.0 Å². The first-order valence-corrected chi connectivity index (χ1v) is 11.7. The van der Waals surface area contributed by atoms with E-state index < -0.39 is 23.8 Å². The second-order valence-corrected chi connectivity index (χ2v) is 9.13. The van der Waals surface area contributed by atoms with Crippen molar-refractivity contribution in [2.75, 3.05) is 4.90 Å². The SMILES string of the molecule is Cc1ccc(N2C(=O)NC(=O)/C(=C/c3ccc(OCc4ccc(C(=O)O)cc4)c(Br)c3)C2=O)cc1Cl. The maximum absolute atomic E-state index is 13.1. The molecule has 0 unspecified atom stereocenters. The molecule has 1 heterocycles. The Morgan fingerprint density at radius 1 is 1.08 bits per heavy atom. The van der Waals surface area contributed by atoms with Crippen molar-refractivity contribution in [2.24, 2.45) is 0 Å². The summed E-state index contributed by atoms with van der Waals surface area (Å²) in [6, 6.07) is 15.2. The summed E-state index contributed by atoms with van der Waals surface area (Å²) in [5, 5.41) is 11.6. The highest BCUT2D eigenvalue weighted by Crippen LogP contribution is 2.30. The van der Waals surface area contributed by atoms with E-state index in [0.717, 1.165) is 16.0 Å². The molecule has 10 heteroatoms. The molecule has 0 atom stereocenters. The summed E-state index contributed by atoms with van der Waals surface area (Å²) in [4.78, 5) is 49.8. The summed E-state index contributed by atoms with van der Waals surface area (Å²) in [5.74, 6) is -2.08. The number of rotatable bonds is 6. The number of carboxylic acids is 1. The van der Waals surface area contributed by atoms with Crippen LogP contribution in [-0.4, -0.2) is 28.9 Å². The molecular formula is C26H18BrClN2O6. The van der Waals surface area contributed by atoms with Crippen LogP contribution in [0.4, 0.5) is 10.5 Å². The van der Waals surface area contributed by atoms with E-state index in [1.807, 2.05) is 0 Å². The molecule has 0 aromatic heterocycles. The zero-order valence-electron chi connectivity index (χ0n) is 18.7. The minimum Gasteiger partial charge on any atom is -0.488 e. The number of imide groups is 2. The summed E-state index contributed by atoms with van der Waals surface area (Å²) in [7, 11) is 0. The Morgan fingerprint density at radius 3 is 2.44 bits per heavy atom. The van der Waals surface area contributed by atoms with E-state index in [4.69, 9.17) is 21.4 Å². The monoisotopic (exact) mass is 568 g/mol. The number of halogens is 2. The molecule has 2 N–H and O–H groups in total. The summed E-state index contributed by atoms with van der Waals surface area (Å²) >= 11 is 9.57. The molecule has 3 aromatic carbocycles. The van der Waals surface area contributed by atoms with Crippen LogP contribution in [0.1, 0.15) is 27.0 Å². The van der Waals surface area contributed by atoms with Gasteiger partial charge in [-0.2, -0.15) is 0 Å². The highest BCUT2D eigenvalue weighted by molar-refractivity contribution is 9.10. The number of carboxylic acid groups (broad SMARTS) is 1. The van der Waals surface area contributed by atoms with Crippen LogP contribution in [0.5, 0.6) is 5.75 Å². The zero-order chi connectivity index (χ0) is 26.0. The molecule has 1 fully saturated rings. The molecule has 1 aliphatic rings. The first kappa shape index (κ1) is 25.2. The summed E-state index contributed by atoms with van der Waals surface area (Å²) in [5.41, 5.74) is 2.29. The van der Waals surface area contributed by atoms with Crippen LogP contribution < -0.4 is 15.0 Å². The van der Waals surface area contributed by atoms with E-state index in [-0.39, 0.29) is 23.4 Å². The third kappa shape index (κ3) is 5.32. The van der Waals surface area contributed by atoms with Crippen molar-refractivity contribution in [2.45, 2.75) is 13.5 Å². The van der Waals surface area contributed by atoms with Gasteiger partial charge in [-0.15, -0.1) is 0 Å².